The van der Waals surface area contributed by atoms with E-state index in [4.69, 9.17) is 4.74 Å². The molecule has 3 rings (SSSR count). The van der Waals surface area contributed by atoms with Gasteiger partial charge >= 0.3 is 12.1 Å². The standard InChI is InChI=1S/C19H21N3O3/c1-13-8-9-15(10-14(13)2)21-18(23)20-11-17-12-22(19(24)25-17)16-6-4-3-5-7-16/h3-10,17H,11-12H2,1-2H3,(H2,20,21,23). The highest BCUT2D eigenvalue weighted by atomic mass is 16.6. The zero-order valence-corrected chi connectivity index (χ0v) is 14.3. The number of aryl methyl sites for hydroxylation is 2. The normalized spacial score (nSPS) is 16.5. The first-order valence-electron chi connectivity index (χ1n) is 8.18. The van der Waals surface area contributed by atoms with Gasteiger partial charge in [0, 0.05) is 11.4 Å². The Morgan fingerprint density at radius 2 is 1.92 bits per heavy atom. The molecule has 2 aromatic rings. The van der Waals surface area contributed by atoms with Crippen molar-refractivity contribution in [1.29, 1.82) is 0 Å². The monoisotopic (exact) mass is 339 g/mol. The minimum atomic E-state index is -0.396. The van der Waals surface area contributed by atoms with Crippen molar-refractivity contribution in [2.75, 3.05) is 23.3 Å². The second kappa shape index (κ2) is 7.25. The lowest BCUT2D eigenvalue weighted by Gasteiger charge is -2.13. The van der Waals surface area contributed by atoms with Gasteiger partial charge in [-0.2, -0.15) is 0 Å². The first-order chi connectivity index (χ1) is 12.0. The molecule has 1 saturated heterocycles. The summed E-state index contributed by atoms with van der Waals surface area (Å²) in [4.78, 5) is 25.6. The Labute approximate surface area is 146 Å². The number of cyclic esters (lactones) is 1. The summed E-state index contributed by atoms with van der Waals surface area (Å²) in [6.45, 7) is 4.68. The number of hydrogen-bond acceptors (Lipinski definition) is 3. The summed E-state index contributed by atoms with van der Waals surface area (Å²) in [6, 6.07) is 14.7. The van der Waals surface area contributed by atoms with E-state index in [1.807, 2.05) is 62.4 Å². The number of carbonyl (C=O) groups is 2. The predicted molar refractivity (Wildman–Crippen MR) is 97.0 cm³/mol. The Bertz CT molecular complexity index is 777. The number of urea groups is 1. The van der Waals surface area contributed by atoms with Crippen LogP contribution in [-0.2, 0) is 4.74 Å². The van der Waals surface area contributed by atoms with Crippen LogP contribution in [0.5, 0.6) is 0 Å². The minimum Gasteiger partial charge on any atom is -0.442 e. The Kier molecular flexibility index (Phi) is 4.88. The van der Waals surface area contributed by atoms with Gasteiger partial charge in [-0.15, -0.1) is 0 Å². The van der Waals surface area contributed by atoms with Gasteiger partial charge in [-0.1, -0.05) is 24.3 Å². The van der Waals surface area contributed by atoms with E-state index < -0.39 is 6.09 Å². The van der Waals surface area contributed by atoms with Crippen LogP contribution in [-0.4, -0.2) is 31.3 Å². The molecular formula is C19H21N3O3. The van der Waals surface area contributed by atoms with Gasteiger partial charge in [0.1, 0.15) is 6.10 Å². The summed E-state index contributed by atoms with van der Waals surface area (Å²) < 4.78 is 5.31. The third-order valence-corrected chi connectivity index (χ3v) is 4.20. The van der Waals surface area contributed by atoms with E-state index in [2.05, 4.69) is 10.6 Å². The van der Waals surface area contributed by atoms with Gasteiger partial charge < -0.3 is 15.4 Å². The maximum Gasteiger partial charge on any atom is 0.414 e. The van der Waals surface area contributed by atoms with Crippen molar-refractivity contribution in [1.82, 2.24) is 5.32 Å². The van der Waals surface area contributed by atoms with Crippen LogP contribution in [0.15, 0.2) is 48.5 Å². The van der Waals surface area contributed by atoms with Gasteiger partial charge in [-0.05, 0) is 49.2 Å². The molecule has 1 fully saturated rings. The third kappa shape index (κ3) is 4.09. The lowest BCUT2D eigenvalue weighted by Crippen LogP contribution is -2.37. The smallest absolute Gasteiger partial charge is 0.414 e. The van der Waals surface area contributed by atoms with E-state index >= 15 is 0 Å². The summed E-state index contributed by atoms with van der Waals surface area (Å²) in [6.07, 6.45) is -0.772. The molecule has 1 atom stereocenters. The quantitative estimate of drug-likeness (QED) is 0.896. The fourth-order valence-corrected chi connectivity index (χ4v) is 2.65. The number of nitrogens with one attached hydrogen (secondary N) is 2. The molecule has 0 saturated carbocycles. The number of rotatable bonds is 4. The highest BCUT2D eigenvalue weighted by Gasteiger charge is 2.32. The number of hydrogen-bond donors (Lipinski definition) is 2. The van der Waals surface area contributed by atoms with Crippen LogP contribution in [0.2, 0.25) is 0 Å². The SMILES string of the molecule is Cc1ccc(NC(=O)NCC2CN(c3ccccc3)C(=O)O2)cc1C. The zero-order chi connectivity index (χ0) is 17.8. The number of amides is 3. The van der Waals surface area contributed by atoms with Gasteiger partial charge in [0.2, 0.25) is 0 Å². The van der Waals surface area contributed by atoms with Crippen LogP contribution >= 0.6 is 0 Å². The Hall–Kier alpha value is -3.02. The highest BCUT2D eigenvalue weighted by molar-refractivity contribution is 5.91. The first-order valence-corrected chi connectivity index (χ1v) is 8.18. The van der Waals surface area contributed by atoms with Gasteiger partial charge in [0.05, 0.1) is 13.1 Å². The fraction of sp³-hybridized carbons (Fsp3) is 0.263. The summed E-state index contributed by atoms with van der Waals surface area (Å²) in [5.41, 5.74) is 3.80. The lowest BCUT2D eigenvalue weighted by atomic mass is 10.1. The predicted octanol–water partition coefficient (Wildman–Crippen LogP) is 3.45. The summed E-state index contributed by atoms with van der Waals surface area (Å²) in [7, 11) is 0. The van der Waals surface area contributed by atoms with Crippen molar-refractivity contribution in [3.05, 3.63) is 59.7 Å². The molecule has 0 aromatic heterocycles. The van der Waals surface area contributed by atoms with Crippen LogP contribution in [0.3, 0.4) is 0 Å². The van der Waals surface area contributed by atoms with E-state index in [0.717, 1.165) is 16.9 Å². The van der Waals surface area contributed by atoms with E-state index in [1.165, 1.54) is 5.56 Å². The molecule has 1 aliphatic heterocycles. The maximum atomic E-state index is 12.0. The van der Waals surface area contributed by atoms with Crippen LogP contribution in [0.4, 0.5) is 21.0 Å². The second-order valence-electron chi connectivity index (χ2n) is 6.09. The zero-order valence-electron chi connectivity index (χ0n) is 14.3. The van der Waals surface area contributed by atoms with Crippen molar-refractivity contribution >= 4 is 23.5 Å². The van der Waals surface area contributed by atoms with Crippen molar-refractivity contribution in [2.24, 2.45) is 0 Å². The van der Waals surface area contributed by atoms with Crippen molar-refractivity contribution in [3.63, 3.8) is 0 Å². The average Bonchev–Trinajstić information content (AvgIpc) is 2.98. The number of ether oxygens (including phenoxy) is 1. The average molecular weight is 339 g/mol. The first kappa shape index (κ1) is 16.8. The molecule has 6 nitrogen and oxygen atoms in total. The Morgan fingerprint density at radius 3 is 2.64 bits per heavy atom. The third-order valence-electron chi connectivity index (χ3n) is 4.20. The fourth-order valence-electron chi connectivity index (χ4n) is 2.65. The largest absolute Gasteiger partial charge is 0.442 e. The van der Waals surface area contributed by atoms with Crippen molar-refractivity contribution in [3.8, 4) is 0 Å². The van der Waals surface area contributed by atoms with Crippen LogP contribution < -0.4 is 15.5 Å². The topological polar surface area (TPSA) is 70.7 Å². The highest BCUT2D eigenvalue weighted by Crippen LogP contribution is 2.20. The van der Waals surface area contributed by atoms with E-state index in [-0.39, 0.29) is 18.7 Å². The van der Waals surface area contributed by atoms with E-state index in [9.17, 15) is 9.59 Å². The number of benzene rings is 2. The molecule has 1 aliphatic rings. The Morgan fingerprint density at radius 1 is 1.16 bits per heavy atom. The molecule has 25 heavy (non-hydrogen) atoms. The van der Waals surface area contributed by atoms with Crippen molar-refractivity contribution in [2.45, 2.75) is 20.0 Å². The summed E-state index contributed by atoms with van der Waals surface area (Å²) in [5, 5.41) is 5.53. The van der Waals surface area contributed by atoms with Gasteiger partial charge in [0.25, 0.3) is 0 Å². The van der Waals surface area contributed by atoms with E-state index in [1.54, 1.807) is 4.90 Å². The molecule has 6 heteroatoms. The Balaban J connectivity index is 1.51. The van der Waals surface area contributed by atoms with Crippen LogP contribution in [0, 0.1) is 13.8 Å². The van der Waals surface area contributed by atoms with E-state index in [0.29, 0.717) is 6.54 Å². The molecule has 1 heterocycles. The number of nitrogens with zero attached hydrogens (tertiary/aromatic N) is 1. The van der Waals surface area contributed by atoms with Gasteiger partial charge in [-0.3, -0.25) is 4.90 Å². The molecular weight excluding hydrogens is 318 g/mol. The molecule has 0 spiro atoms. The minimum absolute atomic E-state index is 0.256. The number of anilines is 2. The molecule has 1 unspecified atom stereocenters. The van der Waals surface area contributed by atoms with Crippen LogP contribution in [0.1, 0.15) is 11.1 Å². The van der Waals surface area contributed by atoms with Gasteiger partial charge in [-0.25, -0.2) is 9.59 Å². The molecule has 2 aromatic carbocycles. The number of para-hydroxylation sites is 1. The van der Waals surface area contributed by atoms with Crippen LogP contribution in [0.25, 0.3) is 0 Å². The molecule has 130 valence electrons. The van der Waals surface area contributed by atoms with Crippen molar-refractivity contribution < 1.29 is 14.3 Å². The lowest BCUT2D eigenvalue weighted by molar-refractivity contribution is 0.141. The summed E-state index contributed by atoms with van der Waals surface area (Å²) >= 11 is 0. The maximum absolute atomic E-state index is 12.0. The second-order valence-corrected chi connectivity index (χ2v) is 6.09. The van der Waals surface area contributed by atoms with Gasteiger partial charge in [0.15, 0.2) is 0 Å². The molecule has 0 radical (unpaired) electrons. The molecule has 0 aliphatic carbocycles. The molecule has 0 bridgehead atoms. The summed E-state index contributed by atoms with van der Waals surface area (Å²) in [5.74, 6) is 0. The molecule has 2 N–H and O–H groups in total. The molecule has 3 amide bonds. The number of carbonyl (C=O) groups excluding carboxylic acids is 2.